The highest BCUT2D eigenvalue weighted by molar-refractivity contribution is 6.11. The topological polar surface area (TPSA) is 43.9 Å². The van der Waals surface area contributed by atoms with Crippen LogP contribution < -0.4 is 0 Å². The van der Waals surface area contributed by atoms with E-state index in [0.717, 1.165) is 66.8 Å². The fourth-order valence-electron chi connectivity index (χ4n) is 5.80. The molecular weight excluding hydrogens is 502 g/mol. The van der Waals surface area contributed by atoms with Crippen molar-refractivity contribution in [1.82, 2.24) is 14.5 Å². The Bertz CT molecular complexity index is 2190. The quantitative estimate of drug-likeness (QED) is 0.229. The van der Waals surface area contributed by atoms with E-state index in [-0.39, 0.29) is 0 Å². The zero-order valence-corrected chi connectivity index (χ0v) is 22.5. The van der Waals surface area contributed by atoms with Crippen molar-refractivity contribution >= 4 is 33.1 Å². The lowest BCUT2D eigenvalue weighted by Crippen LogP contribution is -1.98. The number of imidazole rings is 1. The minimum atomic E-state index is 0.694. The number of pyridine rings is 1. The second-order valence-electron chi connectivity index (χ2n) is 10.4. The van der Waals surface area contributed by atoms with Crippen molar-refractivity contribution in [3.05, 3.63) is 139 Å². The van der Waals surface area contributed by atoms with E-state index in [1.807, 2.05) is 36.5 Å². The van der Waals surface area contributed by atoms with E-state index in [9.17, 15) is 0 Å². The lowest BCUT2D eigenvalue weighted by Gasteiger charge is -2.11. The maximum atomic E-state index is 6.69. The minimum absolute atomic E-state index is 0.694. The molecule has 0 spiro atoms. The largest absolute Gasteiger partial charge is 0.455 e. The van der Waals surface area contributed by atoms with E-state index in [1.54, 1.807) is 0 Å². The first-order valence-corrected chi connectivity index (χ1v) is 13.8. The summed E-state index contributed by atoms with van der Waals surface area (Å²) < 4.78 is 8.88. The van der Waals surface area contributed by atoms with Crippen molar-refractivity contribution in [2.24, 2.45) is 0 Å². The van der Waals surface area contributed by atoms with Gasteiger partial charge in [0.2, 0.25) is 0 Å². The van der Waals surface area contributed by atoms with Crippen LogP contribution in [0, 0.1) is 6.92 Å². The zero-order valence-electron chi connectivity index (χ0n) is 22.5. The Morgan fingerprint density at radius 1 is 0.634 bits per heavy atom. The molecule has 194 valence electrons. The summed E-state index contributed by atoms with van der Waals surface area (Å²) in [5.41, 5.74) is 10.9. The molecule has 5 aromatic carbocycles. The highest BCUT2D eigenvalue weighted by atomic mass is 16.3. The number of benzene rings is 5. The van der Waals surface area contributed by atoms with Crippen LogP contribution in [-0.2, 0) is 0 Å². The van der Waals surface area contributed by atoms with Crippen LogP contribution in [0.15, 0.2) is 138 Å². The fourth-order valence-corrected chi connectivity index (χ4v) is 5.80. The molecule has 0 saturated heterocycles. The van der Waals surface area contributed by atoms with Gasteiger partial charge in [0.25, 0.3) is 0 Å². The molecule has 0 bridgehead atoms. The third-order valence-electron chi connectivity index (χ3n) is 7.81. The number of hydrogen-bond donors (Lipinski definition) is 0. The summed E-state index contributed by atoms with van der Waals surface area (Å²) in [7, 11) is 0. The van der Waals surface area contributed by atoms with Gasteiger partial charge in [-0.05, 0) is 65.6 Å². The summed E-state index contributed by atoms with van der Waals surface area (Å²) in [5.74, 6) is 0.802. The molecule has 0 unspecified atom stereocenters. The summed E-state index contributed by atoms with van der Waals surface area (Å²) in [5, 5.41) is 2.22. The highest BCUT2D eigenvalue weighted by Gasteiger charge is 2.22. The minimum Gasteiger partial charge on any atom is -0.455 e. The molecule has 0 aliphatic carbocycles. The molecule has 0 atom stereocenters. The molecule has 0 N–H and O–H groups in total. The standard InChI is InChI=1S/C37H25N3O/c1-24-17-19-31(35-34(24)30-20-18-27(22-33(30)41-35)25-11-5-2-6-12-25)37-39-36-32(40(37)29-15-9-4-10-16-29)21-28(23-38-36)26-13-7-3-8-14-26/h2-23H,1H3. The van der Waals surface area contributed by atoms with Crippen LogP contribution in [0.3, 0.4) is 0 Å². The number of nitrogens with zero attached hydrogens (tertiary/aromatic N) is 3. The molecule has 3 heterocycles. The first kappa shape index (κ1) is 23.4. The van der Waals surface area contributed by atoms with E-state index in [1.165, 1.54) is 5.56 Å². The maximum Gasteiger partial charge on any atom is 0.178 e. The van der Waals surface area contributed by atoms with E-state index in [4.69, 9.17) is 14.4 Å². The van der Waals surface area contributed by atoms with Crippen LogP contribution in [0.5, 0.6) is 0 Å². The van der Waals surface area contributed by atoms with Gasteiger partial charge in [0.05, 0.1) is 11.1 Å². The second kappa shape index (κ2) is 9.32. The summed E-state index contributed by atoms with van der Waals surface area (Å²) in [4.78, 5) is 9.91. The highest BCUT2D eigenvalue weighted by Crippen LogP contribution is 2.40. The van der Waals surface area contributed by atoms with Gasteiger partial charge < -0.3 is 4.42 Å². The summed E-state index contributed by atoms with van der Waals surface area (Å²) in [6, 6.07) is 44.0. The van der Waals surface area contributed by atoms with Gasteiger partial charge in [-0.3, -0.25) is 4.57 Å². The van der Waals surface area contributed by atoms with Crippen LogP contribution in [0.25, 0.3) is 72.4 Å². The number of rotatable bonds is 4. The molecule has 8 rings (SSSR count). The van der Waals surface area contributed by atoms with Crippen molar-refractivity contribution in [3.8, 4) is 39.3 Å². The van der Waals surface area contributed by atoms with Gasteiger partial charge in [0.15, 0.2) is 11.5 Å². The van der Waals surface area contributed by atoms with Gasteiger partial charge in [0, 0.05) is 28.2 Å². The Hall–Kier alpha value is -5.48. The molecule has 8 aromatic rings. The third kappa shape index (κ3) is 3.84. The van der Waals surface area contributed by atoms with Gasteiger partial charge in [-0.2, -0.15) is 0 Å². The van der Waals surface area contributed by atoms with Crippen LogP contribution in [0.2, 0.25) is 0 Å². The number of hydrogen-bond acceptors (Lipinski definition) is 3. The summed E-state index contributed by atoms with van der Waals surface area (Å²) in [6.45, 7) is 2.14. The molecule has 4 nitrogen and oxygen atoms in total. The predicted molar refractivity (Wildman–Crippen MR) is 167 cm³/mol. The number of aromatic nitrogens is 3. The Labute approximate surface area is 237 Å². The van der Waals surface area contributed by atoms with Gasteiger partial charge in [-0.25, -0.2) is 9.97 Å². The molecule has 0 saturated carbocycles. The van der Waals surface area contributed by atoms with Crippen molar-refractivity contribution in [3.63, 3.8) is 0 Å². The number of fused-ring (bicyclic) bond motifs is 4. The van der Waals surface area contributed by atoms with Crippen molar-refractivity contribution in [2.75, 3.05) is 0 Å². The van der Waals surface area contributed by atoms with Crippen LogP contribution in [-0.4, -0.2) is 14.5 Å². The van der Waals surface area contributed by atoms with E-state index in [2.05, 4.69) is 109 Å². The Kier molecular flexibility index (Phi) is 5.32. The molecule has 0 aliphatic heterocycles. The summed E-state index contributed by atoms with van der Waals surface area (Å²) in [6.07, 6.45) is 1.90. The Morgan fingerprint density at radius 2 is 1.32 bits per heavy atom. The molecule has 3 aromatic heterocycles. The molecular formula is C37H25N3O. The SMILES string of the molecule is Cc1ccc(-c2nc3ncc(-c4ccccc4)cc3n2-c2ccccc2)c2oc3cc(-c4ccccc4)ccc3c12. The molecule has 0 radical (unpaired) electrons. The second-order valence-corrected chi connectivity index (χ2v) is 10.4. The molecule has 41 heavy (non-hydrogen) atoms. The molecule has 0 fully saturated rings. The number of aryl methyl sites for hydroxylation is 1. The number of furan rings is 1. The van der Waals surface area contributed by atoms with Gasteiger partial charge in [-0.15, -0.1) is 0 Å². The third-order valence-corrected chi connectivity index (χ3v) is 7.81. The van der Waals surface area contributed by atoms with Gasteiger partial charge in [0.1, 0.15) is 11.2 Å². The first-order valence-electron chi connectivity index (χ1n) is 13.8. The van der Waals surface area contributed by atoms with E-state index in [0.29, 0.717) is 5.65 Å². The smallest absolute Gasteiger partial charge is 0.178 e. The first-order chi connectivity index (χ1) is 20.2. The zero-order chi connectivity index (χ0) is 27.3. The molecule has 4 heteroatoms. The lowest BCUT2D eigenvalue weighted by atomic mass is 10.0. The van der Waals surface area contributed by atoms with Crippen molar-refractivity contribution < 1.29 is 4.42 Å². The Balaban J connectivity index is 1.40. The van der Waals surface area contributed by atoms with Crippen molar-refractivity contribution in [2.45, 2.75) is 6.92 Å². The van der Waals surface area contributed by atoms with Crippen molar-refractivity contribution in [1.29, 1.82) is 0 Å². The van der Waals surface area contributed by atoms with Gasteiger partial charge in [-0.1, -0.05) is 91.0 Å². The van der Waals surface area contributed by atoms with Crippen LogP contribution >= 0.6 is 0 Å². The average molecular weight is 528 g/mol. The molecule has 0 aliphatic rings. The Morgan fingerprint density at radius 3 is 2.05 bits per heavy atom. The van der Waals surface area contributed by atoms with E-state index < -0.39 is 0 Å². The summed E-state index contributed by atoms with van der Waals surface area (Å²) >= 11 is 0. The van der Waals surface area contributed by atoms with Gasteiger partial charge >= 0.3 is 0 Å². The maximum absolute atomic E-state index is 6.69. The average Bonchev–Trinajstić information content (AvgIpc) is 3.61. The fraction of sp³-hybridized carbons (Fsp3) is 0.0270. The van der Waals surface area contributed by atoms with Crippen LogP contribution in [0.4, 0.5) is 0 Å². The monoisotopic (exact) mass is 527 g/mol. The normalized spacial score (nSPS) is 11.5. The lowest BCUT2D eigenvalue weighted by molar-refractivity contribution is 0.669. The van der Waals surface area contributed by atoms with Crippen LogP contribution in [0.1, 0.15) is 5.56 Å². The predicted octanol–water partition coefficient (Wildman–Crippen LogP) is 9.63. The number of para-hydroxylation sites is 1. The van der Waals surface area contributed by atoms with E-state index >= 15 is 0 Å². The molecule has 0 amide bonds.